The van der Waals surface area contributed by atoms with E-state index in [1.54, 1.807) is 0 Å². The van der Waals surface area contributed by atoms with E-state index in [0.29, 0.717) is 5.75 Å². The summed E-state index contributed by atoms with van der Waals surface area (Å²) in [6.07, 6.45) is 3.46. The van der Waals surface area contributed by atoms with Crippen LogP contribution in [0.4, 0.5) is 0 Å². The van der Waals surface area contributed by atoms with Gasteiger partial charge in [0.1, 0.15) is 5.75 Å². The third-order valence-electron chi connectivity index (χ3n) is 1.92. The van der Waals surface area contributed by atoms with Crippen molar-refractivity contribution >= 4 is 45.2 Å². The minimum atomic E-state index is 0.409. The van der Waals surface area contributed by atoms with E-state index in [1.165, 1.54) is 22.0 Å². The van der Waals surface area contributed by atoms with Crippen LogP contribution in [0.2, 0.25) is 0 Å². The number of halogens is 2. The van der Waals surface area contributed by atoms with Gasteiger partial charge in [0.2, 0.25) is 0 Å². The Morgan fingerprint density at radius 3 is 2.54 bits per heavy atom. The highest BCUT2D eigenvalue weighted by Crippen LogP contribution is 2.26. The molecule has 0 aliphatic carbocycles. The van der Waals surface area contributed by atoms with E-state index in [9.17, 15) is 5.11 Å². The lowest BCUT2D eigenvalue weighted by molar-refractivity contribution is 0.470. The van der Waals surface area contributed by atoms with E-state index in [4.69, 9.17) is 0 Å². The molecule has 0 aromatic heterocycles. The molecule has 0 aliphatic heterocycles. The van der Waals surface area contributed by atoms with Crippen molar-refractivity contribution in [3.8, 4) is 5.75 Å². The van der Waals surface area contributed by atoms with Gasteiger partial charge < -0.3 is 5.11 Å². The maximum absolute atomic E-state index is 9.51. The second-order valence-corrected chi connectivity index (χ2v) is 5.32. The molecule has 13 heavy (non-hydrogen) atoms. The molecule has 0 saturated carbocycles. The molecular formula is C10H12I2O. The summed E-state index contributed by atoms with van der Waals surface area (Å²) in [5.74, 6) is 0.409. The second kappa shape index (κ2) is 5.38. The lowest BCUT2D eigenvalue weighted by Gasteiger charge is -2.05. The van der Waals surface area contributed by atoms with Crippen LogP contribution in [-0.2, 0) is 6.42 Å². The lowest BCUT2D eigenvalue weighted by Crippen LogP contribution is -1.90. The Morgan fingerprint density at radius 1 is 1.23 bits per heavy atom. The topological polar surface area (TPSA) is 20.2 Å². The molecule has 1 rings (SSSR count). The largest absolute Gasteiger partial charge is 0.507 e. The Bertz CT molecular complexity index is 297. The number of benzene rings is 1. The first-order chi connectivity index (χ1) is 6.15. The first-order valence-corrected chi connectivity index (χ1v) is 6.47. The average Bonchev–Trinajstić information content (AvgIpc) is 2.09. The predicted molar refractivity (Wildman–Crippen MR) is 72.2 cm³/mol. The van der Waals surface area contributed by atoms with E-state index in [0.717, 1.165) is 9.99 Å². The SMILES string of the molecule is CCCCc1cc(O)c(I)cc1I. The number of aromatic hydroxyl groups is 1. The fraction of sp³-hybridized carbons (Fsp3) is 0.400. The number of unbranched alkanes of at least 4 members (excludes halogenated alkanes) is 1. The van der Waals surface area contributed by atoms with Crippen molar-refractivity contribution in [2.75, 3.05) is 0 Å². The van der Waals surface area contributed by atoms with Crippen LogP contribution in [0, 0.1) is 7.14 Å². The highest BCUT2D eigenvalue weighted by atomic mass is 127. The summed E-state index contributed by atoms with van der Waals surface area (Å²) in [6.45, 7) is 2.18. The summed E-state index contributed by atoms with van der Waals surface area (Å²) in [6, 6.07) is 3.92. The van der Waals surface area contributed by atoms with Crippen molar-refractivity contribution < 1.29 is 5.11 Å². The fourth-order valence-electron chi connectivity index (χ4n) is 1.14. The van der Waals surface area contributed by atoms with Gasteiger partial charge in [-0.3, -0.25) is 0 Å². The summed E-state index contributed by atoms with van der Waals surface area (Å²) in [4.78, 5) is 0. The summed E-state index contributed by atoms with van der Waals surface area (Å²) < 4.78 is 2.19. The van der Waals surface area contributed by atoms with Crippen LogP contribution in [0.3, 0.4) is 0 Å². The molecular weight excluding hydrogens is 390 g/mol. The summed E-state index contributed by atoms with van der Waals surface area (Å²) in [5, 5.41) is 9.51. The fourth-order valence-corrected chi connectivity index (χ4v) is 2.94. The van der Waals surface area contributed by atoms with Crippen LogP contribution in [0.5, 0.6) is 5.75 Å². The molecule has 0 aliphatic rings. The van der Waals surface area contributed by atoms with E-state index < -0.39 is 0 Å². The molecule has 1 N–H and O–H groups in total. The average molecular weight is 402 g/mol. The van der Waals surface area contributed by atoms with Crippen molar-refractivity contribution in [2.45, 2.75) is 26.2 Å². The lowest BCUT2D eigenvalue weighted by atomic mass is 10.1. The van der Waals surface area contributed by atoms with Gasteiger partial charge in [-0.25, -0.2) is 0 Å². The Labute approximate surface area is 106 Å². The number of rotatable bonds is 3. The normalized spacial score (nSPS) is 10.4. The Kier molecular flexibility index (Phi) is 4.78. The van der Waals surface area contributed by atoms with Gasteiger partial charge in [-0.1, -0.05) is 13.3 Å². The number of aryl methyl sites for hydroxylation is 1. The summed E-state index contributed by atoms with van der Waals surface area (Å²) in [5.41, 5.74) is 1.26. The van der Waals surface area contributed by atoms with Gasteiger partial charge in [-0.15, -0.1) is 0 Å². The van der Waals surface area contributed by atoms with Crippen LogP contribution < -0.4 is 0 Å². The van der Waals surface area contributed by atoms with Crippen molar-refractivity contribution in [3.05, 3.63) is 24.8 Å². The van der Waals surface area contributed by atoms with Crippen LogP contribution >= 0.6 is 45.2 Å². The van der Waals surface area contributed by atoms with Gasteiger partial charge in [-0.2, -0.15) is 0 Å². The van der Waals surface area contributed by atoms with Crippen LogP contribution in [0.1, 0.15) is 25.3 Å². The monoisotopic (exact) mass is 402 g/mol. The molecule has 0 heterocycles. The van der Waals surface area contributed by atoms with Crippen LogP contribution in [-0.4, -0.2) is 5.11 Å². The van der Waals surface area contributed by atoms with E-state index in [2.05, 4.69) is 52.1 Å². The van der Waals surface area contributed by atoms with Gasteiger partial charge >= 0.3 is 0 Å². The van der Waals surface area contributed by atoms with Crippen molar-refractivity contribution in [2.24, 2.45) is 0 Å². The van der Waals surface area contributed by atoms with Crippen LogP contribution in [0.15, 0.2) is 12.1 Å². The minimum absolute atomic E-state index is 0.409. The smallest absolute Gasteiger partial charge is 0.129 e. The van der Waals surface area contributed by atoms with Gasteiger partial charge in [0.15, 0.2) is 0 Å². The third kappa shape index (κ3) is 3.27. The second-order valence-electron chi connectivity index (χ2n) is 3.00. The predicted octanol–water partition coefficient (Wildman–Crippen LogP) is 3.94. The maximum atomic E-state index is 9.51. The van der Waals surface area contributed by atoms with Gasteiger partial charge in [0.05, 0.1) is 3.57 Å². The first-order valence-electron chi connectivity index (χ1n) is 4.32. The number of hydrogen-bond acceptors (Lipinski definition) is 1. The zero-order valence-electron chi connectivity index (χ0n) is 7.48. The Balaban J connectivity index is 2.88. The highest BCUT2D eigenvalue weighted by molar-refractivity contribution is 14.1. The standard InChI is InChI=1S/C10H12I2O/c1-2-3-4-7-5-10(13)9(12)6-8(7)11/h5-6,13H,2-4H2,1H3. The first kappa shape index (κ1) is 11.6. The molecule has 0 unspecified atom stereocenters. The zero-order chi connectivity index (χ0) is 9.84. The zero-order valence-corrected chi connectivity index (χ0v) is 11.8. The third-order valence-corrected chi connectivity index (χ3v) is 3.78. The summed E-state index contributed by atoms with van der Waals surface area (Å²) in [7, 11) is 0. The van der Waals surface area contributed by atoms with Crippen LogP contribution in [0.25, 0.3) is 0 Å². The molecule has 0 atom stereocenters. The van der Waals surface area contributed by atoms with E-state index >= 15 is 0 Å². The van der Waals surface area contributed by atoms with Gasteiger partial charge in [0.25, 0.3) is 0 Å². The molecule has 0 amide bonds. The molecule has 3 heteroatoms. The molecule has 0 fully saturated rings. The molecule has 1 nitrogen and oxygen atoms in total. The molecule has 0 radical (unpaired) electrons. The quantitative estimate of drug-likeness (QED) is 0.760. The molecule has 0 spiro atoms. The number of hydrogen-bond donors (Lipinski definition) is 1. The number of phenols is 1. The van der Waals surface area contributed by atoms with Crippen molar-refractivity contribution in [1.29, 1.82) is 0 Å². The van der Waals surface area contributed by atoms with E-state index in [-0.39, 0.29) is 0 Å². The van der Waals surface area contributed by atoms with Gasteiger partial charge in [-0.05, 0) is 75.7 Å². The molecule has 1 aromatic rings. The molecule has 72 valence electrons. The summed E-state index contributed by atoms with van der Waals surface area (Å²) >= 11 is 4.48. The Hall–Kier alpha value is 0.480. The maximum Gasteiger partial charge on any atom is 0.129 e. The van der Waals surface area contributed by atoms with Gasteiger partial charge in [0, 0.05) is 3.57 Å². The molecule has 0 bridgehead atoms. The molecule has 1 aromatic carbocycles. The molecule has 0 saturated heterocycles. The van der Waals surface area contributed by atoms with E-state index in [1.807, 2.05) is 12.1 Å². The van der Waals surface area contributed by atoms with Crippen molar-refractivity contribution in [1.82, 2.24) is 0 Å². The highest BCUT2D eigenvalue weighted by Gasteiger charge is 2.04. The Morgan fingerprint density at radius 2 is 1.92 bits per heavy atom. The number of phenolic OH excluding ortho intramolecular Hbond substituents is 1. The minimum Gasteiger partial charge on any atom is -0.507 e. The van der Waals surface area contributed by atoms with Crippen molar-refractivity contribution in [3.63, 3.8) is 0 Å².